The molecule has 1 unspecified atom stereocenters. The van der Waals surface area contributed by atoms with Gasteiger partial charge < -0.3 is 10.1 Å². The van der Waals surface area contributed by atoms with Gasteiger partial charge in [0, 0.05) is 20.2 Å². The van der Waals surface area contributed by atoms with E-state index in [2.05, 4.69) is 43.4 Å². The Morgan fingerprint density at radius 2 is 1.93 bits per heavy atom. The minimum atomic E-state index is -0.0468. The number of ether oxygens (including phenoxy) is 1. The van der Waals surface area contributed by atoms with Crippen LogP contribution in [0.1, 0.15) is 25.8 Å². The standard InChI is InChI=1S/C13H21NO/c1-4-13(2,15-3)11-14-10-12-8-6-5-7-9-12/h5-9,14H,4,10-11H2,1-3H3. The summed E-state index contributed by atoms with van der Waals surface area (Å²) < 4.78 is 5.46. The van der Waals surface area contributed by atoms with Crippen LogP contribution in [0.15, 0.2) is 30.3 Å². The quantitative estimate of drug-likeness (QED) is 0.774. The van der Waals surface area contributed by atoms with Gasteiger partial charge in [-0.3, -0.25) is 0 Å². The van der Waals surface area contributed by atoms with Crippen LogP contribution in [0.5, 0.6) is 0 Å². The predicted octanol–water partition coefficient (Wildman–Crippen LogP) is 2.59. The summed E-state index contributed by atoms with van der Waals surface area (Å²) in [7, 11) is 1.77. The third-order valence-corrected chi connectivity index (χ3v) is 2.91. The minimum Gasteiger partial charge on any atom is -0.377 e. The molecule has 0 radical (unpaired) electrons. The Morgan fingerprint density at radius 1 is 1.27 bits per heavy atom. The summed E-state index contributed by atoms with van der Waals surface area (Å²) in [6, 6.07) is 10.4. The molecule has 84 valence electrons. The van der Waals surface area contributed by atoms with Gasteiger partial charge in [-0.05, 0) is 18.9 Å². The fraction of sp³-hybridized carbons (Fsp3) is 0.538. The topological polar surface area (TPSA) is 21.3 Å². The van der Waals surface area contributed by atoms with Crippen molar-refractivity contribution in [3.8, 4) is 0 Å². The predicted molar refractivity (Wildman–Crippen MR) is 63.9 cm³/mol. The Kier molecular flexibility index (Phi) is 4.79. The van der Waals surface area contributed by atoms with Crippen molar-refractivity contribution in [2.75, 3.05) is 13.7 Å². The molecule has 0 aliphatic carbocycles. The van der Waals surface area contributed by atoms with E-state index in [1.807, 2.05) is 6.07 Å². The molecule has 1 atom stereocenters. The van der Waals surface area contributed by atoms with Gasteiger partial charge in [0.05, 0.1) is 5.60 Å². The molecule has 1 aromatic carbocycles. The van der Waals surface area contributed by atoms with Gasteiger partial charge in [0.15, 0.2) is 0 Å². The first-order chi connectivity index (χ1) is 7.20. The third-order valence-electron chi connectivity index (χ3n) is 2.91. The first-order valence-electron chi connectivity index (χ1n) is 5.50. The van der Waals surface area contributed by atoms with Crippen LogP contribution in [0.25, 0.3) is 0 Å². The van der Waals surface area contributed by atoms with Gasteiger partial charge in [0.2, 0.25) is 0 Å². The van der Waals surface area contributed by atoms with Crippen molar-refractivity contribution in [3.63, 3.8) is 0 Å². The van der Waals surface area contributed by atoms with E-state index in [0.717, 1.165) is 19.5 Å². The first kappa shape index (κ1) is 12.2. The lowest BCUT2D eigenvalue weighted by molar-refractivity contribution is 0.00348. The molecule has 0 heterocycles. The molecule has 0 amide bonds. The van der Waals surface area contributed by atoms with E-state index in [9.17, 15) is 0 Å². The smallest absolute Gasteiger partial charge is 0.0772 e. The van der Waals surface area contributed by atoms with Crippen LogP contribution in [0.4, 0.5) is 0 Å². The zero-order valence-electron chi connectivity index (χ0n) is 9.92. The average molecular weight is 207 g/mol. The summed E-state index contributed by atoms with van der Waals surface area (Å²) >= 11 is 0. The average Bonchev–Trinajstić information content (AvgIpc) is 2.30. The zero-order valence-corrected chi connectivity index (χ0v) is 9.92. The minimum absolute atomic E-state index is 0.0468. The maximum atomic E-state index is 5.46. The van der Waals surface area contributed by atoms with Crippen LogP contribution >= 0.6 is 0 Å². The lowest BCUT2D eigenvalue weighted by Crippen LogP contribution is -2.38. The van der Waals surface area contributed by atoms with E-state index in [0.29, 0.717) is 0 Å². The van der Waals surface area contributed by atoms with Crippen LogP contribution in [-0.2, 0) is 11.3 Å². The van der Waals surface area contributed by atoms with E-state index in [1.54, 1.807) is 7.11 Å². The molecule has 0 aliphatic rings. The SMILES string of the molecule is CCC(C)(CNCc1ccccc1)OC. The molecule has 1 rings (SSSR count). The van der Waals surface area contributed by atoms with E-state index in [1.165, 1.54) is 5.56 Å². The Hall–Kier alpha value is -0.860. The number of hydrogen-bond acceptors (Lipinski definition) is 2. The second-order valence-electron chi connectivity index (χ2n) is 4.10. The summed E-state index contributed by atoms with van der Waals surface area (Å²) in [6.45, 7) is 6.06. The van der Waals surface area contributed by atoms with Crippen LogP contribution in [-0.4, -0.2) is 19.3 Å². The molecular weight excluding hydrogens is 186 g/mol. The van der Waals surface area contributed by atoms with Crippen LogP contribution in [0.2, 0.25) is 0 Å². The molecule has 15 heavy (non-hydrogen) atoms. The second-order valence-corrected chi connectivity index (χ2v) is 4.10. The molecule has 1 aromatic rings. The van der Waals surface area contributed by atoms with Crippen molar-refractivity contribution >= 4 is 0 Å². The number of hydrogen-bond donors (Lipinski definition) is 1. The van der Waals surface area contributed by atoms with Gasteiger partial charge in [-0.2, -0.15) is 0 Å². The molecule has 1 N–H and O–H groups in total. The lowest BCUT2D eigenvalue weighted by Gasteiger charge is -2.26. The number of rotatable bonds is 6. The molecule has 0 saturated carbocycles. The van der Waals surface area contributed by atoms with Gasteiger partial charge >= 0.3 is 0 Å². The van der Waals surface area contributed by atoms with E-state index in [-0.39, 0.29) is 5.60 Å². The fourth-order valence-corrected chi connectivity index (χ4v) is 1.41. The maximum absolute atomic E-state index is 5.46. The molecule has 0 aromatic heterocycles. The molecule has 0 spiro atoms. The van der Waals surface area contributed by atoms with Crippen LogP contribution in [0.3, 0.4) is 0 Å². The van der Waals surface area contributed by atoms with Gasteiger partial charge in [-0.15, -0.1) is 0 Å². The molecule has 0 saturated heterocycles. The van der Waals surface area contributed by atoms with Crippen molar-refractivity contribution in [2.24, 2.45) is 0 Å². The molecule has 2 nitrogen and oxygen atoms in total. The molecule has 2 heteroatoms. The van der Waals surface area contributed by atoms with Crippen molar-refractivity contribution < 1.29 is 4.74 Å². The van der Waals surface area contributed by atoms with Crippen LogP contribution in [0, 0.1) is 0 Å². The lowest BCUT2D eigenvalue weighted by atomic mass is 10.0. The fourth-order valence-electron chi connectivity index (χ4n) is 1.41. The second kappa shape index (κ2) is 5.89. The van der Waals surface area contributed by atoms with E-state index in [4.69, 9.17) is 4.74 Å². The summed E-state index contributed by atoms with van der Waals surface area (Å²) in [4.78, 5) is 0. The molecule has 0 fully saturated rings. The summed E-state index contributed by atoms with van der Waals surface area (Å²) in [5.41, 5.74) is 1.27. The molecule has 0 bridgehead atoms. The normalized spacial score (nSPS) is 14.9. The first-order valence-corrected chi connectivity index (χ1v) is 5.50. The van der Waals surface area contributed by atoms with Crippen molar-refractivity contribution in [1.82, 2.24) is 5.32 Å². The Balaban J connectivity index is 2.33. The maximum Gasteiger partial charge on any atom is 0.0772 e. The highest BCUT2D eigenvalue weighted by atomic mass is 16.5. The zero-order chi connectivity index (χ0) is 11.1. The summed E-state index contributed by atoms with van der Waals surface area (Å²) in [5.74, 6) is 0. The van der Waals surface area contributed by atoms with Crippen molar-refractivity contribution in [3.05, 3.63) is 35.9 Å². The summed E-state index contributed by atoms with van der Waals surface area (Å²) in [5, 5.41) is 3.42. The highest BCUT2D eigenvalue weighted by molar-refractivity contribution is 5.14. The van der Waals surface area contributed by atoms with Gasteiger partial charge in [0.25, 0.3) is 0 Å². The van der Waals surface area contributed by atoms with Crippen LogP contribution < -0.4 is 5.32 Å². The number of benzene rings is 1. The van der Waals surface area contributed by atoms with Crippen molar-refractivity contribution in [2.45, 2.75) is 32.4 Å². The Morgan fingerprint density at radius 3 is 2.47 bits per heavy atom. The Bertz CT molecular complexity index is 267. The van der Waals surface area contributed by atoms with Gasteiger partial charge in [0.1, 0.15) is 0 Å². The Labute approximate surface area is 92.6 Å². The third kappa shape index (κ3) is 4.02. The van der Waals surface area contributed by atoms with Crippen molar-refractivity contribution in [1.29, 1.82) is 0 Å². The van der Waals surface area contributed by atoms with Gasteiger partial charge in [-0.1, -0.05) is 37.3 Å². The van der Waals surface area contributed by atoms with E-state index >= 15 is 0 Å². The highest BCUT2D eigenvalue weighted by Crippen LogP contribution is 2.12. The van der Waals surface area contributed by atoms with E-state index < -0.39 is 0 Å². The van der Waals surface area contributed by atoms with Gasteiger partial charge in [-0.25, -0.2) is 0 Å². The molecule has 0 aliphatic heterocycles. The summed E-state index contributed by atoms with van der Waals surface area (Å²) in [6.07, 6.45) is 1.02. The number of methoxy groups -OCH3 is 1. The largest absolute Gasteiger partial charge is 0.377 e. The number of nitrogens with one attached hydrogen (secondary N) is 1. The molecular formula is C13H21NO. The monoisotopic (exact) mass is 207 g/mol. The highest BCUT2D eigenvalue weighted by Gasteiger charge is 2.19.